The van der Waals surface area contributed by atoms with E-state index in [2.05, 4.69) is 4.74 Å². The van der Waals surface area contributed by atoms with E-state index in [-0.39, 0.29) is 18.3 Å². The maximum atomic E-state index is 13.3. The number of fused-ring (bicyclic) bond motifs is 2. The largest absolute Gasteiger partial charge is 0.400 e. The van der Waals surface area contributed by atoms with Crippen LogP contribution in [-0.2, 0) is 4.74 Å². The summed E-state index contributed by atoms with van der Waals surface area (Å²) in [4.78, 5) is 0. The first-order chi connectivity index (χ1) is 7.75. The molecule has 0 heterocycles. The maximum Gasteiger partial charge on any atom is 0.400 e. The zero-order valence-corrected chi connectivity index (χ0v) is 9.44. The average Bonchev–Trinajstić information content (AvgIpc) is 2.76. The summed E-state index contributed by atoms with van der Waals surface area (Å²) >= 11 is 0. The molecule has 0 aromatic heterocycles. The van der Waals surface area contributed by atoms with Gasteiger partial charge in [0.15, 0.2) is 0 Å². The van der Waals surface area contributed by atoms with Crippen molar-refractivity contribution >= 4 is 0 Å². The van der Waals surface area contributed by atoms with E-state index >= 15 is 0 Å². The highest BCUT2D eigenvalue weighted by atomic mass is 19.4. The third kappa shape index (κ3) is 2.28. The van der Waals surface area contributed by atoms with Crippen molar-refractivity contribution in [2.75, 3.05) is 7.11 Å². The fraction of sp³-hybridized carbons (Fsp3) is 1.00. The first kappa shape index (κ1) is 13.1. The van der Waals surface area contributed by atoms with Gasteiger partial charge in [-0.3, -0.25) is 0 Å². The number of alkyl halides is 5. The molecule has 2 aliphatic carbocycles. The third-order valence-corrected chi connectivity index (χ3v) is 4.21. The Morgan fingerprint density at radius 3 is 2.06 bits per heavy atom. The fourth-order valence-corrected chi connectivity index (χ4v) is 3.51. The molecule has 0 aromatic carbocycles. The molecule has 0 aromatic rings. The van der Waals surface area contributed by atoms with E-state index in [1.165, 1.54) is 0 Å². The van der Waals surface area contributed by atoms with E-state index in [4.69, 9.17) is 0 Å². The van der Waals surface area contributed by atoms with Crippen molar-refractivity contribution in [3.05, 3.63) is 0 Å². The zero-order chi connectivity index (χ0) is 12.8. The van der Waals surface area contributed by atoms with Crippen LogP contribution >= 0.6 is 0 Å². The lowest BCUT2D eigenvalue weighted by Gasteiger charge is -2.35. The number of rotatable bonds is 3. The molecular formula is C11H15F5O. The Labute approximate surface area is 96.3 Å². The quantitative estimate of drug-likeness (QED) is 0.699. The molecule has 1 nitrogen and oxygen atoms in total. The lowest BCUT2D eigenvalue weighted by molar-refractivity contribution is -0.342. The summed E-state index contributed by atoms with van der Waals surface area (Å²) in [6.45, 7) is 0. The van der Waals surface area contributed by atoms with Crippen molar-refractivity contribution < 1.29 is 26.7 Å². The topological polar surface area (TPSA) is 9.23 Å². The summed E-state index contributed by atoms with van der Waals surface area (Å²) in [5, 5.41) is 0. The minimum absolute atomic E-state index is 0.197. The molecule has 0 saturated heterocycles. The highest BCUT2D eigenvalue weighted by Crippen LogP contribution is 2.57. The van der Waals surface area contributed by atoms with Crippen molar-refractivity contribution in [3.8, 4) is 0 Å². The van der Waals surface area contributed by atoms with Gasteiger partial charge in [-0.2, -0.15) is 22.0 Å². The predicted molar refractivity (Wildman–Crippen MR) is 50.4 cm³/mol. The second-order valence-corrected chi connectivity index (χ2v) is 5.12. The monoisotopic (exact) mass is 258 g/mol. The van der Waals surface area contributed by atoms with Crippen molar-refractivity contribution in [2.45, 2.75) is 38.0 Å². The summed E-state index contributed by atoms with van der Waals surface area (Å²) in [6, 6.07) is 0. The zero-order valence-electron chi connectivity index (χ0n) is 9.44. The van der Waals surface area contributed by atoms with Crippen LogP contribution in [0.25, 0.3) is 0 Å². The van der Waals surface area contributed by atoms with Gasteiger partial charge >= 0.3 is 12.3 Å². The summed E-state index contributed by atoms with van der Waals surface area (Å²) in [5.41, 5.74) is 0. The molecule has 4 atom stereocenters. The van der Waals surface area contributed by atoms with Crippen LogP contribution in [0.2, 0.25) is 0 Å². The molecule has 0 radical (unpaired) electrons. The second kappa shape index (κ2) is 4.07. The van der Waals surface area contributed by atoms with Crippen LogP contribution in [0.4, 0.5) is 22.0 Å². The molecule has 1 unspecified atom stereocenters. The van der Waals surface area contributed by atoms with E-state index in [9.17, 15) is 22.0 Å². The lowest BCUT2D eigenvalue weighted by atomic mass is 9.78. The number of halogens is 5. The molecule has 2 saturated carbocycles. The molecule has 2 fully saturated rings. The Kier molecular flexibility index (Phi) is 3.13. The number of methoxy groups -OCH3 is 1. The van der Waals surface area contributed by atoms with Crippen LogP contribution in [0.5, 0.6) is 0 Å². The van der Waals surface area contributed by atoms with Gasteiger partial charge in [-0.15, -0.1) is 0 Å². The number of hydrogen-bond acceptors (Lipinski definition) is 1. The van der Waals surface area contributed by atoms with E-state index in [0.29, 0.717) is 20.0 Å². The van der Waals surface area contributed by atoms with Crippen LogP contribution in [0.1, 0.15) is 25.7 Å². The normalized spacial score (nSPS) is 35.3. The molecule has 17 heavy (non-hydrogen) atoms. The number of ether oxygens (including phenoxy) is 1. The van der Waals surface area contributed by atoms with Crippen LogP contribution in [-0.4, -0.2) is 19.4 Å². The molecular weight excluding hydrogens is 243 g/mol. The van der Waals surface area contributed by atoms with Gasteiger partial charge in [0.25, 0.3) is 0 Å². The summed E-state index contributed by atoms with van der Waals surface area (Å²) in [5.74, 6) is -3.66. The van der Waals surface area contributed by atoms with Gasteiger partial charge in [-0.05, 0) is 37.0 Å². The summed E-state index contributed by atoms with van der Waals surface area (Å²) in [6.07, 6.45) is -6.58. The summed E-state index contributed by atoms with van der Waals surface area (Å²) < 4.78 is 68.9. The Hall–Kier alpha value is -0.390. The summed E-state index contributed by atoms with van der Waals surface area (Å²) in [7, 11) is 0.631. The fourth-order valence-electron chi connectivity index (χ4n) is 3.51. The Bertz CT molecular complexity index is 288. The van der Waals surface area contributed by atoms with Crippen LogP contribution in [0, 0.1) is 23.7 Å². The van der Waals surface area contributed by atoms with Gasteiger partial charge in [0.2, 0.25) is 0 Å². The van der Waals surface area contributed by atoms with Gasteiger partial charge in [0.05, 0.1) is 0 Å². The molecule has 0 aliphatic heterocycles. The van der Waals surface area contributed by atoms with Crippen LogP contribution in [0.15, 0.2) is 0 Å². The first-order valence-corrected chi connectivity index (χ1v) is 5.75. The van der Waals surface area contributed by atoms with Crippen LogP contribution in [0.3, 0.4) is 0 Å². The molecule has 0 N–H and O–H groups in total. The highest BCUT2D eigenvalue weighted by molar-refractivity contribution is 4.97. The molecule has 2 bridgehead atoms. The minimum Gasteiger partial charge on any atom is -0.323 e. The maximum absolute atomic E-state index is 13.3. The van der Waals surface area contributed by atoms with E-state index in [0.717, 1.165) is 6.42 Å². The predicted octanol–water partition coefficient (Wildman–Crippen LogP) is 3.84. The van der Waals surface area contributed by atoms with Crippen molar-refractivity contribution in [1.82, 2.24) is 0 Å². The van der Waals surface area contributed by atoms with Gasteiger partial charge in [0.1, 0.15) is 5.92 Å². The van der Waals surface area contributed by atoms with E-state index in [1.54, 1.807) is 0 Å². The molecule has 0 spiro atoms. The molecule has 100 valence electrons. The van der Waals surface area contributed by atoms with Gasteiger partial charge in [-0.25, -0.2) is 0 Å². The van der Waals surface area contributed by atoms with Crippen molar-refractivity contribution in [2.24, 2.45) is 23.7 Å². The molecule has 0 amide bonds. The molecule has 6 heteroatoms. The van der Waals surface area contributed by atoms with Crippen LogP contribution < -0.4 is 0 Å². The highest BCUT2D eigenvalue weighted by Gasteiger charge is 2.63. The Morgan fingerprint density at radius 1 is 1.06 bits per heavy atom. The number of hydrogen-bond donors (Lipinski definition) is 0. The van der Waals surface area contributed by atoms with Crippen molar-refractivity contribution in [1.29, 1.82) is 0 Å². The van der Waals surface area contributed by atoms with Gasteiger partial charge in [0, 0.05) is 7.11 Å². The third-order valence-electron chi connectivity index (χ3n) is 4.21. The van der Waals surface area contributed by atoms with E-state index < -0.39 is 24.1 Å². The average molecular weight is 258 g/mol. The SMILES string of the molecule is COC(F)(F)C([C@H]1C[C@@H]2CC[C@H]1C2)C(F)(F)F. The molecule has 2 aliphatic rings. The minimum atomic E-state index is -4.91. The van der Waals surface area contributed by atoms with E-state index in [1.807, 2.05) is 0 Å². The standard InChI is InChI=1S/C11H15F5O/c1-17-11(15,16)9(10(12,13)14)8-5-6-2-3-7(8)4-6/h6-9H,2-5H2,1H3/t6-,7+,8+,9?/m1/s1. The van der Waals surface area contributed by atoms with Crippen molar-refractivity contribution in [3.63, 3.8) is 0 Å². The Morgan fingerprint density at radius 2 is 1.71 bits per heavy atom. The Balaban J connectivity index is 2.23. The first-order valence-electron chi connectivity index (χ1n) is 5.75. The second-order valence-electron chi connectivity index (χ2n) is 5.12. The lowest BCUT2D eigenvalue weighted by Crippen LogP contribution is -2.47. The van der Waals surface area contributed by atoms with Gasteiger partial charge < -0.3 is 4.74 Å². The van der Waals surface area contributed by atoms with Gasteiger partial charge in [-0.1, -0.05) is 6.42 Å². The molecule has 2 rings (SSSR count). The smallest absolute Gasteiger partial charge is 0.323 e.